The molecule has 1 aromatic carbocycles. The Balaban J connectivity index is 2.90. The first-order valence-electron chi connectivity index (χ1n) is 7.26. The monoisotopic (exact) mass is 293 g/mol. The fourth-order valence-corrected chi connectivity index (χ4v) is 1.82. The van der Waals surface area contributed by atoms with Crippen molar-refractivity contribution in [1.29, 1.82) is 0 Å². The minimum Gasteiger partial charge on any atom is -0.384 e. The fourth-order valence-electron chi connectivity index (χ4n) is 1.82. The third kappa shape index (κ3) is 5.41. The minimum atomic E-state index is -0.492. The Kier molecular flexibility index (Phi) is 6.65. The topological polar surface area (TPSA) is 84.3 Å². The molecule has 0 aromatic heterocycles. The molecule has 1 amide bonds. The van der Waals surface area contributed by atoms with E-state index < -0.39 is 4.92 Å². The van der Waals surface area contributed by atoms with Crippen LogP contribution >= 0.6 is 0 Å². The predicted octanol–water partition coefficient (Wildman–Crippen LogP) is 3.19. The number of nitrogens with one attached hydrogen (secondary N) is 2. The van der Waals surface area contributed by atoms with Gasteiger partial charge in [0.15, 0.2) is 0 Å². The maximum Gasteiger partial charge on any atom is 0.270 e. The number of nitro groups is 1. The van der Waals surface area contributed by atoms with E-state index in [0.29, 0.717) is 30.3 Å². The van der Waals surface area contributed by atoms with E-state index in [2.05, 4.69) is 24.5 Å². The highest BCUT2D eigenvalue weighted by Gasteiger charge is 2.16. The predicted molar refractivity (Wildman–Crippen MR) is 83.7 cm³/mol. The van der Waals surface area contributed by atoms with Gasteiger partial charge in [-0.3, -0.25) is 14.9 Å². The van der Waals surface area contributed by atoms with E-state index in [0.717, 1.165) is 12.8 Å². The Morgan fingerprint density at radius 2 is 2.05 bits per heavy atom. The van der Waals surface area contributed by atoms with Gasteiger partial charge in [-0.1, -0.05) is 20.8 Å². The zero-order chi connectivity index (χ0) is 15.8. The summed E-state index contributed by atoms with van der Waals surface area (Å²) in [6.07, 6.45) is 1.78. The molecule has 116 valence electrons. The van der Waals surface area contributed by atoms with Gasteiger partial charge in [0.05, 0.1) is 10.5 Å². The molecule has 0 aliphatic heterocycles. The van der Waals surface area contributed by atoms with Crippen LogP contribution in [0.15, 0.2) is 18.2 Å². The van der Waals surface area contributed by atoms with Crippen molar-refractivity contribution in [1.82, 2.24) is 5.32 Å². The SMILES string of the molecule is CCCNc1ccc([N+](=O)[O-])cc1C(=O)NCCC(C)C. The summed E-state index contributed by atoms with van der Waals surface area (Å²) in [6, 6.07) is 4.32. The second kappa shape index (κ2) is 8.24. The third-order valence-electron chi connectivity index (χ3n) is 3.03. The lowest BCUT2D eigenvalue weighted by atomic mass is 10.1. The maximum absolute atomic E-state index is 12.2. The third-order valence-corrected chi connectivity index (χ3v) is 3.03. The zero-order valence-corrected chi connectivity index (χ0v) is 12.8. The number of hydrogen-bond acceptors (Lipinski definition) is 4. The second-order valence-corrected chi connectivity index (χ2v) is 5.35. The normalized spacial score (nSPS) is 10.5. The Morgan fingerprint density at radius 3 is 2.62 bits per heavy atom. The number of rotatable bonds is 8. The summed E-state index contributed by atoms with van der Waals surface area (Å²) in [5.74, 6) is 0.214. The molecule has 2 N–H and O–H groups in total. The molecule has 6 heteroatoms. The number of nitrogens with zero attached hydrogens (tertiary/aromatic N) is 1. The van der Waals surface area contributed by atoms with E-state index in [1.807, 2.05) is 6.92 Å². The molecule has 0 radical (unpaired) electrons. The molecule has 0 spiro atoms. The standard InChI is InChI=1S/C15H23N3O3/c1-4-8-16-14-6-5-12(18(20)21)10-13(14)15(19)17-9-7-11(2)3/h5-6,10-11,16H,4,7-9H2,1-3H3,(H,17,19). The second-order valence-electron chi connectivity index (χ2n) is 5.35. The van der Waals surface area contributed by atoms with Gasteiger partial charge < -0.3 is 10.6 Å². The molecule has 0 heterocycles. The molecule has 1 aromatic rings. The number of hydrogen-bond donors (Lipinski definition) is 2. The number of benzene rings is 1. The van der Waals surface area contributed by atoms with Crippen molar-refractivity contribution in [2.45, 2.75) is 33.6 Å². The van der Waals surface area contributed by atoms with Crippen LogP contribution in [0.5, 0.6) is 0 Å². The lowest BCUT2D eigenvalue weighted by Gasteiger charge is -2.12. The maximum atomic E-state index is 12.2. The van der Waals surface area contributed by atoms with Crippen molar-refractivity contribution in [3.05, 3.63) is 33.9 Å². The Morgan fingerprint density at radius 1 is 1.33 bits per heavy atom. The van der Waals surface area contributed by atoms with Crippen LogP contribution < -0.4 is 10.6 Å². The molecule has 0 saturated heterocycles. The molecule has 1 rings (SSSR count). The van der Waals surface area contributed by atoms with Crippen LogP contribution in [0.1, 0.15) is 44.0 Å². The minimum absolute atomic E-state index is 0.0777. The molecule has 21 heavy (non-hydrogen) atoms. The molecular formula is C15H23N3O3. The summed E-state index contributed by atoms with van der Waals surface area (Å²) in [6.45, 7) is 7.44. The highest BCUT2D eigenvalue weighted by molar-refractivity contribution is 6.00. The van der Waals surface area contributed by atoms with Crippen molar-refractivity contribution in [2.24, 2.45) is 5.92 Å². The van der Waals surface area contributed by atoms with Gasteiger partial charge in [-0.25, -0.2) is 0 Å². The van der Waals surface area contributed by atoms with E-state index >= 15 is 0 Å². The van der Waals surface area contributed by atoms with Gasteiger partial charge in [0.1, 0.15) is 0 Å². The molecular weight excluding hydrogens is 270 g/mol. The van der Waals surface area contributed by atoms with Crippen LogP contribution in [-0.2, 0) is 0 Å². The first-order valence-corrected chi connectivity index (χ1v) is 7.26. The zero-order valence-electron chi connectivity index (χ0n) is 12.8. The number of nitro benzene ring substituents is 1. The van der Waals surface area contributed by atoms with Crippen LogP contribution in [-0.4, -0.2) is 23.9 Å². The van der Waals surface area contributed by atoms with E-state index in [1.54, 1.807) is 6.07 Å². The molecule has 0 saturated carbocycles. The number of non-ortho nitro benzene ring substituents is 1. The summed E-state index contributed by atoms with van der Waals surface area (Å²) < 4.78 is 0. The Bertz CT molecular complexity index is 501. The molecule has 0 unspecified atom stereocenters. The van der Waals surface area contributed by atoms with Gasteiger partial charge in [0.2, 0.25) is 0 Å². The van der Waals surface area contributed by atoms with Crippen LogP contribution in [0.25, 0.3) is 0 Å². The molecule has 6 nitrogen and oxygen atoms in total. The van der Waals surface area contributed by atoms with Gasteiger partial charge in [-0.05, 0) is 24.8 Å². The summed E-state index contributed by atoms with van der Waals surface area (Å²) in [7, 11) is 0. The lowest BCUT2D eigenvalue weighted by molar-refractivity contribution is -0.384. The van der Waals surface area contributed by atoms with Gasteiger partial charge in [-0.2, -0.15) is 0 Å². The summed E-state index contributed by atoms with van der Waals surface area (Å²) >= 11 is 0. The smallest absolute Gasteiger partial charge is 0.270 e. The van der Waals surface area contributed by atoms with Crippen molar-refractivity contribution in [3.8, 4) is 0 Å². The number of carbonyl (C=O) groups is 1. The average molecular weight is 293 g/mol. The first-order chi connectivity index (χ1) is 9.95. The van der Waals surface area contributed by atoms with Crippen molar-refractivity contribution in [2.75, 3.05) is 18.4 Å². The first kappa shape index (κ1) is 16.9. The molecule has 0 aliphatic carbocycles. The number of carbonyl (C=O) groups excluding carboxylic acids is 1. The van der Waals surface area contributed by atoms with E-state index in [1.165, 1.54) is 12.1 Å². The summed E-state index contributed by atoms with van der Waals surface area (Å²) in [5.41, 5.74) is 0.872. The highest BCUT2D eigenvalue weighted by atomic mass is 16.6. The van der Waals surface area contributed by atoms with Crippen LogP contribution in [0.3, 0.4) is 0 Å². The van der Waals surface area contributed by atoms with Crippen molar-refractivity contribution < 1.29 is 9.72 Å². The Labute approximate surface area is 125 Å². The van der Waals surface area contributed by atoms with Crippen molar-refractivity contribution >= 4 is 17.3 Å². The molecule has 0 bridgehead atoms. The lowest BCUT2D eigenvalue weighted by Crippen LogP contribution is -2.26. The summed E-state index contributed by atoms with van der Waals surface area (Å²) in [5, 5.41) is 16.8. The largest absolute Gasteiger partial charge is 0.384 e. The van der Waals surface area contributed by atoms with Gasteiger partial charge >= 0.3 is 0 Å². The van der Waals surface area contributed by atoms with Crippen LogP contribution in [0.2, 0.25) is 0 Å². The average Bonchev–Trinajstić information content (AvgIpc) is 2.44. The van der Waals surface area contributed by atoms with Crippen molar-refractivity contribution in [3.63, 3.8) is 0 Å². The highest BCUT2D eigenvalue weighted by Crippen LogP contribution is 2.22. The van der Waals surface area contributed by atoms with Gasteiger partial charge in [0, 0.05) is 30.9 Å². The molecule has 0 aliphatic rings. The fraction of sp³-hybridized carbons (Fsp3) is 0.533. The van der Waals surface area contributed by atoms with E-state index in [9.17, 15) is 14.9 Å². The van der Waals surface area contributed by atoms with Gasteiger partial charge in [-0.15, -0.1) is 0 Å². The number of anilines is 1. The molecule has 0 atom stereocenters. The Hall–Kier alpha value is -2.11. The van der Waals surface area contributed by atoms with Gasteiger partial charge in [0.25, 0.3) is 11.6 Å². The molecule has 0 fully saturated rings. The number of amides is 1. The van der Waals surface area contributed by atoms with E-state index in [-0.39, 0.29) is 11.6 Å². The summed E-state index contributed by atoms with van der Waals surface area (Å²) in [4.78, 5) is 22.6. The van der Waals surface area contributed by atoms with Crippen LogP contribution in [0.4, 0.5) is 11.4 Å². The van der Waals surface area contributed by atoms with Crippen LogP contribution in [0, 0.1) is 16.0 Å². The quantitative estimate of drug-likeness (QED) is 0.569. The van der Waals surface area contributed by atoms with E-state index in [4.69, 9.17) is 0 Å².